The van der Waals surface area contributed by atoms with Crippen molar-refractivity contribution in [3.63, 3.8) is 0 Å². The van der Waals surface area contributed by atoms with Gasteiger partial charge in [-0.2, -0.15) is 0 Å². The first-order chi connectivity index (χ1) is 9.51. The third-order valence-electron chi connectivity index (χ3n) is 4.78. The van der Waals surface area contributed by atoms with Crippen molar-refractivity contribution in [2.75, 3.05) is 0 Å². The van der Waals surface area contributed by atoms with E-state index in [4.69, 9.17) is 0 Å². The van der Waals surface area contributed by atoms with Crippen LogP contribution in [-0.2, 0) is 19.2 Å². The van der Waals surface area contributed by atoms with Gasteiger partial charge in [0.15, 0.2) is 0 Å². The van der Waals surface area contributed by atoms with E-state index in [1.54, 1.807) is 0 Å². The van der Waals surface area contributed by atoms with Crippen molar-refractivity contribution in [1.82, 2.24) is 10.2 Å². The molecule has 1 atom stereocenters. The van der Waals surface area contributed by atoms with Crippen LogP contribution in [0.4, 0.5) is 0 Å². The Morgan fingerprint density at radius 1 is 1.00 bits per heavy atom. The summed E-state index contributed by atoms with van der Waals surface area (Å²) in [5, 5.41) is 2.20. The summed E-state index contributed by atoms with van der Waals surface area (Å²) in [5.41, 5.74) is -0.161. The topological polar surface area (TPSA) is 83.6 Å². The number of nitrogens with one attached hydrogen (secondary N) is 1. The molecule has 1 unspecified atom stereocenters. The lowest BCUT2D eigenvalue weighted by molar-refractivity contribution is -0.162. The van der Waals surface area contributed by atoms with E-state index in [1.165, 1.54) is 0 Å². The zero-order valence-corrected chi connectivity index (χ0v) is 11.3. The predicted octanol–water partition coefficient (Wildman–Crippen LogP) is 0.501. The summed E-state index contributed by atoms with van der Waals surface area (Å²) in [6.45, 7) is 0. The number of nitrogens with zero attached hydrogens (tertiary/aromatic N) is 1. The fourth-order valence-electron chi connectivity index (χ4n) is 3.77. The van der Waals surface area contributed by atoms with Crippen LogP contribution in [-0.4, -0.2) is 34.6 Å². The fraction of sp³-hybridized carbons (Fsp3) is 0.714. The summed E-state index contributed by atoms with van der Waals surface area (Å²) in [6, 6.07) is -0.800. The number of rotatable bonds is 1. The third-order valence-corrected chi connectivity index (χ3v) is 4.78. The molecule has 1 N–H and O–H groups in total. The highest BCUT2D eigenvalue weighted by Gasteiger charge is 2.48. The molecule has 0 aromatic rings. The van der Waals surface area contributed by atoms with Gasteiger partial charge in [-0.25, -0.2) is 0 Å². The molecule has 1 aliphatic carbocycles. The van der Waals surface area contributed by atoms with Crippen LogP contribution in [0.1, 0.15) is 51.4 Å². The first kappa shape index (κ1) is 13.3. The first-order valence-electron chi connectivity index (χ1n) is 7.19. The Balaban J connectivity index is 1.78. The van der Waals surface area contributed by atoms with Crippen LogP contribution in [0.15, 0.2) is 0 Å². The highest BCUT2D eigenvalue weighted by molar-refractivity contribution is 6.07. The molecule has 2 saturated heterocycles. The quantitative estimate of drug-likeness (QED) is 0.708. The fourth-order valence-corrected chi connectivity index (χ4v) is 3.77. The molecule has 3 aliphatic rings. The predicted molar refractivity (Wildman–Crippen MR) is 68.2 cm³/mol. The SMILES string of the molecule is O=C1CCC(N2C(=O)CC3(CCCC3)CC2=O)C(=O)N1. The van der Waals surface area contributed by atoms with Crippen LogP contribution in [0.25, 0.3) is 0 Å². The zero-order valence-electron chi connectivity index (χ0n) is 11.3. The Morgan fingerprint density at radius 3 is 2.15 bits per heavy atom. The van der Waals surface area contributed by atoms with Crippen LogP contribution >= 0.6 is 0 Å². The molecule has 2 aliphatic heterocycles. The summed E-state index contributed by atoms with van der Waals surface area (Å²) in [6.07, 6.45) is 5.12. The first-order valence-corrected chi connectivity index (χ1v) is 7.19. The van der Waals surface area contributed by atoms with Crippen LogP contribution in [0.3, 0.4) is 0 Å². The van der Waals surface area contributed by atoms with E-state index in [0.717, 1.165) is 30.6 Å². The van der Waals surface area contributed by atoms with Crippen molar-refractivity contribution >= 4 is 23.6 Å². The van der Waals surface area contributed by atoms with E-state index in [0.29, 0.717) is 12.8 Å². The van der Waals surface area contributed by atoms with E-state index >= 15 is 0 Å². The van der Waals surface area contributed by atoms with Crippen molar-refractivity contribution in [2.24, 2.45) is 5.41 Å². The van der Waals surface area contributed by atoms with E-state index in [-0.39, 0.29) is 36.0 Å². The standard InChI is InChI=1S/C14H18N2O4/c17-10-4-3-9(13(20)15-10)16-11(18)7-14(8-12(16)19)5-1-2-6-14/h9H,1-8H2,(H,15,17,20). The number of carbonyl (C=O) groups excluding carboxylic acids is 4. The smallest absolute Gasteiger partial charge is 0.249 e. The van der Waals surface area contributed by atoms with Crippen molar-refractivity contribution in [3.05, 3.63) is 0 Å². The number of piperidine rings is 2. The molecule has 3 rings (SSSR count). The maximum Gasteiger partial charge on any atom is 0.249 e. The minimum absolute atomic E-state index is 0.161. The summed E-state index contributed by atoms with van der Waals surface area (Å²) in [4.78, 5) is 48.7. The van der Waals surface area contributed by atoms with Gasteiger partial charge in [-0.1, -0.05) is 12.8 Å². The van der Waals surface area contributed by atoms with Crippen molar-refractivity contribution < 1.29 is 19.2 Å². The molecule has 0 radical (unpaired) electrons. The van der Waals surface area contributed by atoms with E-state index in [1.807, 2.05) is 0 Å². The van der Waals surface area contributed by atoms with E-state index in [9.17, 15) is 19.2 Å². The Hall–Kier alpha value is -1.72. The van der Waals surface area contributed by atoms with Gasteiger partial charge in [-0.3, -0.25) is 29.4 Å². The van der Waals surface area contributed by atoms with Crippen LogP contribution in [0.2, 0.25) is 0 Å². The second-order valence-corrected chi connectivity index (χ2v) is 6.19. The highest BCUT2D eigenvalue weighted by Crippen LogP contribution is 2.47. The molecular formula is C14H18N2O4. The van der Waals surface area contributed by atoms with Gasteiger partial charge in [0.2, 0.25) is 23.6 Å². The molecule has 0 aromatic carbocycles. The minimum Gasteiger partial charge on any atom is -0.295 e. The van der Waals surface area contributed by atoms with Crippen molar-refractivity contribution in [2.45, 2.75) is 57.4 Å². The van der Waals surface area contributed by atoms with Gasteiger partial charge >= 0.3 is 0 Å². The molecule has 0 bridgehead atoms. The summed E-state index contributed by atoms with van der Waals surface area (Å²) in [5.74, 6) is -1.36. The molecular weight excluding hydrogens is 260 g/mol. The van der Waals surface area contributed by atoms with Gasteiger partial charge in [-0.15, -0.1) is 0 Å². The average molecular weight is 278 g/mol. The second kappa shape index (κ2) is 4.68. The lowest BCUT2D eigenvalue weighted by atomic mass is 9.76. The average Bonchev–Trinajstić information content (AvgIpc) is 2.79. The number of imide groups is 2. The Labute approximate surface area is 116 Å². The maximum absolute atomic E-state index is 12.3. The molecule has 108 valence electrons. The number of hydrogen-bond donors (Lipinski definition) is 1. The lowest BCUT2D eigenvalue weighted by Crippen LogP contribution is -2.59. The second-order valence-electron chi connectivity index (χ2n) is 6.19. The molecule has 1 saturated carbocycles. The largest absolute Gasteiger partial charge is 0.295 e. The summed E-state index contributed by atoms with van der Waals surface area (Å²) in [7, 11) is 0. The molecule has 20 heavy (non-hydrogen) atoms. The normalized spacial score (nSPS) is 30.0. The van der Waals surface area contributed by atoms with Crippen LogP contribution in [0, 0.1) is 5.41 Å². The van der Waals surface area contributed by atoms with Crippen molar-refractivity contribution in [3.8, 4) is 0 Å². The number of amides is 4. The third kappa shape index (κ3) is 2.13. The lowest BCUT2D eigenvalue weighted by Gasteiger charge is -2.40. The zero-order chi connectivity index (χ0) is 14.3. The minimum atomic E-state index is -0.800. The molecule has 1 spiro atoms. The van der Waals surface area contributed by atoms with Crippen molar-refractivity contribution in [1.29, 1.82) is 0 Å². The Kier molecular flexibility index (Phi) is 3.11. The van der Waals surface area contributed by atoms with Crippen LogP contribution < -0.4 is 5.32 Å². The van der Waals surface area contributed by atoms with Crippen LogP contribution in [0.5, 0.6) is 0 Å². The van der Waals surface area contributed by atoms with Gasteiger partial charge in [-0.05, 0) is 24.7 Å². The molecule has 0 aromatic heterocycles. The summed E-state index contributed by atoms with van der Waals surface area (Å²) < 4.78 is 0. The highest BCUT2D eigenvalue weighted by atomic mass is 16.2. The van der Waals surface area contributed by atoms with E-state index < -0.39 is 11.9 Å². The van der Waals surface area contributed by atoms with E-state index in [2.05, 4.69) is 5.32 Å². The molecule has 6 nitrogen and oxygen atoms in total. The van der Waals surface area contributed by atoms with Gasteiger partial charge in [0, 0.05) is 19.3 Å². The molecule has 3 fully saturated rings. The maximum atomic E-state index is 12.3. The van der Waals surface area contributed by atoms with Gasteiger partial charge in [0.05, 0.1) is 0 Å². The molecule has 4 amide bonds. The monoisotopic (exact) mass is 278 g/mol. The molecule has 6 heteroatoms. The molecule has 2 heterocycles. The number of carbonyl (C=O) groups is 4. The Bertz CT molecular complexity index is 473. The number of hydrogen-bond acceptors (Lipinski definition) is 4. The Morgan fingerprint density at radius 2 is 1.60 bits per heavy atom. The summed E-state index contributed by atoms with van der Waals surface area (Å²) >= 11 is 0. The van der Waals surface area contributed by atoms with Gasteiger partial charge in [0.25, 0.3) is 0 Å². The van der Waals surface area contributed by atoms with Gasteiger partial charge < -0.3 is 0 Å². The number of likely N-dealkylation sites (tertiary alicyclic amines) is 1. The van der Waals surface area contributed by atoms with Gasteiger partial charge in [0.1, 0.15) is 6.04 Å².